The molecule has 10 heteroatoms. The molecule has 0 saturated carbocycles. The summed E-state index contributed by atoms with van der Waals surface area (Å²) >= 11 is 0. The molecule has 0 spiro atoms. The van der Waals surface area contributed by atoms with Crippen molar-refractivity contribution in [1.29, 1.82) is 0 Å². The lowest BCUT2D eigenvalue weighted by Gasteiger charge is -2.21. The second kappa shape index (κ2) is 9.57. The maximum Gasteiger partial charge on any atom is 0.414 e. The minimum absolute atomic E-state index is 0.1000. The normalized spacial score (nSPS) is 16.8. The minimum Gasteiger partial charge on any atom is -0.497 e. The number of benzene rings is 2. The molecule has 35 heavy (non-hydrogen) atoms. The molecular formula is C25H25N3O7. The monoisotopic (exact) mass is 479 g/mol. The number of fused-ring (bicyclic) bond motifs is 2. The number of aryl methyl sites for hydroxylation is 1. The summed E-state index contributed by atoms with van der Waals surface area (Å²) in [6, 6.07) is 14.0. The summed E-state index contributed by atoms with van der Waals surface area (Å²) in [6.45, 7) is 1.62. The molecular weight excluding hydrogens is 454 g/mol. The number of anilines is 1. The largest absolute Gasteiger partial charge is 0.497 e. The van der Waals surface area contributed by atoms with Crippen LogP contribution in [0.1, 0.15) is 6.42 Å². The first-order chi connectivity index (χ1) is 17.0. The predicted molar refractivity (Wildman–Crippen MR) is 127 cm³/mol. The first kappa shape index (κ1) is 22.6. The highest BCUT2D eigenvalue weighted by atomic mass is 16.6. The van der Waals surface area contributed by atoms with Gasteiger partial charge in [-0.3, -0.25) is 14.5 Å². The van der Waals surface area contributed by atoms with E-state index in [0.29, 0.717) is 48.2 Å². The highest BCUT2D eigenvalue weighted by Gasteiger charge is 2.33. The van der Waals surface area contributed by atoms with Crippen LogP contribution in [0.15, 0.2) is 53.3 Å². The van der Waals surface area contributed by atoms with Crippen LogP contribution in [0.5, 0.6) is 17.2 Å². The Bertz CT molecular complexity index is 1340. The number of nitrogens with zero attached hydrogens (tertiary/aromatic N) is 2. The summed E-state index contributed by atoms with van der Waals surface area (Å²) in [5.74, 6) is 1.61. The van der Waals surface area contributed by atoms with E-state index < -0.39 is 12.2 Å². The van der Waals surface area contributed by atoms with Gasteiger partial charge >= 0.3 is 6.09 Å². The summed E-state index contributed by atoms with van der Waals surface area (Å²) < 4.78 is 23.3. The second-order valence-corrected chi connectivity index (χ2v) is 8.25. The van der Waals surface area contributed by atoms with Gasteiger partial charge in [-0.05, 0) is 35.7 Å². The van der Waals surface area contributed by atoms with Crippen LogP contribution in [0.25, 0.3) is 10.9 Å². The van der Waals surface area contributed by atoms with Gasteiger partial charge in [0.15, 0.2) is 11.5 Å². The van der Waals surface area contributed by atoms with Crippen LogP contribution in [-0.2, 0) is 16.1 Å². The van der Waals surface area contributed by atoms with E-state index in [1.807, 2.05) is 12.1 Å². The number of hydrogen-bond donors (Lipinski definition) is 1. The van der Waals surface area contributed by atoms with Gasteiger partial charge in [0.05, 0.1) is 31.4 Å². The second-order valence-electron chi connectivity index (χ2n) is 8.25. The molecule has 2 aromatic carbocycles. The van der Waals surface area contributed by atoms with Gasteiger partial charge in [-0.2, -0.15) is 0 Å². The van der Waals surface area contributed by atoms with Gasteiger partial charge in [0.1, 0.15) is 25.1 Å². The number of rotatable bonds is 7. The van der Waals surface area contributed by atoms with Gasteiger partial charge < -0.3 is 28.8 Å². The Morgan fingerprint density at radius 1 is 1.06 bits per heavy atom. The fourth-order valence-electron chi connectivity index (χ4n) is 4.19. The standard InChI is InChI=1S/C25H25N3O7/c1-32-18-5-2-16-3-7-24(30)27(20(16)13-18)9-8-23(29)26-14-19-15-28(25(31)35-19)17-4-6-21-22(12-17)34-11-10-33-21/h2-7,12-13,19H,8-11,14-15H2,1H3,(H,26,29)/t19-/m1/s1. The number of cyclic esters (lactones) is 1. The lowest BCUT2D eigenvalue weighted by Crippen LogP contribution is -2.35. The topological polar surface area (TPSA) is 108 Å². The number of methoxy groups -OCH3 is 1. The molecule has 1 N–H and O–H groups in total. The molecule has 182 valence electrons. The van der Waals surface area contributed by atoms with E-state index in [2.05, 4.69) is 5.32 Å². The molecule has 5 rings (SSSR count). The summed E-state index contributed by atoms with van der Waals surface area (Å²) in [5, 5.41) is 3.68. The van der Waals surface area contributed by atoms with Crippen molar-refractivity contribution in [1.82, 2.24) is 9.88 Å². The van der Waals surface area contributed by atoms with Gasteiger partial charge in [0.2, 0.25) is 5.91 Å². The van der Waals surface area contributed by atoms with E-state index in [1.54, 1.807) is 42.0 Å². The molecule has 3 heterocycles. The Morgan fingerprint density at radius 2 is 1.86 bits per heavy atom. The number of hydrogen-bond acceptors (Lipinski definition) is 7. The SMILES string of the molecule is COc1ccc2ccc(=O)n(CCC(=O)NC[C@@H]3CN(c4ccc5c(c4)OCCO5)C(=O)O3)c2c1. The zero-order chi connectivity index (χ0) is 24.4. The Morgan fingerprint density at radius 3 is 2.69 bits per heavy atom. The molecule has 1 atom stereocenters. The Kier molecular flexibility index (Phi) is 6.17. The summed E-state index contributed by atoms with van der Waals surface area (Å²) in [5.41, 5.74) is 1.14. The summed E-state index contributed by atoms with van der Waals surface area (Å²) in [4.78, 5) is 38.8. The highest BCUT2D eigenvalue weighted by molar-refractivity contribution is 5.90. The molecule has 0 unspecified atom stereocenters. The summed E-state index contributed by atoms with van der Waals surface area (Å²) in [7, 11) is 1.56. The number of aromatic nitrogens is 1. The van der Waals surface area contributed by atoms with E-state index >= 15 is 0 Å². The van der Waals surface area contributed by atoms with Crippen LogP contribution >= 0.6 is 0 Å². The van der Waals surface area contributed by atoms with Gasteiger partial charge in [0.25, 0.3) is 5.56 Å². The van der Waals surface area contributed by atoms with Crippen LogP contribution in [-0.4, -0.2) is 56.1 Å². The van der Waals surface area contributed by atoms with Crippen molar-refractivity contribution >= 4 is 28.6 Å². The third-order valence-electron chi connectivity index (χ3n) is 6.00. The molecule has 0 bridgehead atoms. The number of nitrogens with one attached hydrogen (secondary N) is 1. The van der Waals surface area contributed by atoms with E-state index in [1.165, 1.54) is 11.0 Å². The van der Waals surface area contributed by atoms with E-state index in [-0.39, 0.29) is 31.0 Å². The quantitative estimate of drug-likeness (QED) is 0.554. The van der Waals surface area contributed by atoms with Crippen LogP contribution < -0.4 is 30.0 Å². The van der Waals surface area contributed by atoms with Crippen molar-refractivity contribution in [3.63, 3.8) is 0 Å². The number of amides is 2. The first-order valence-electron chi connectivity index (χ1n) is 11.3. The third-order valence-corrected chi connectivity index (χ3v) is 6.00. The maximum atomic E-state index is 12.5. The Labute approximate surface area is 200 Å². The molecule has 3 aromatic rings. The van der Waals surface area contributed by atoms with Crippen LogP contribution in [0.4, 0.5) is 10.5 Å². The van der Waals surface area contributed by atoms with Crippen LogP contribution in [0.3, 0.4) is 0 Å². The van der Waals surface area contributed by atoms with Gasteiger partial charge in [-0.1, -0.05) is 0 Å². The highest BCUT2D eigenvalue weighted by Crippen LogP contribution is 2.35. The molecule has 10 nitrogen and oxygen atoms in total. The first-order valence-corrected chi connectivity index (χ1v) is 11.3. The lowest BCUT2D eigenvalue weighted by atomic mass is 10.2. The summed E-state index contributed by atoms with van der Waals surface area (Å²) in [6.07, 6.45) is -0.885. The Balaban J connectivity index is 1.18. The van der Waals surface area contributed by atoms with Gasteiger partial charge in [0, 0.05) is 31.2 Å². The fourth-order valence-corrected chi connectivity index (χ4v) is 4.19. The number of carbonyl (C=O) groups is 2. The van der Waals surface area contributed by atoms with Gasteiger partial charge in [-0.15, -0.1) is 0 Å². The molecule has 1 aromatic heterocycles. The molecule has 2 amide bonds. The van der Waals surface area contributed by atoms with Crippen molar-refractivity contribution in [3.05, 3.63) is 58.9 Å². The van der Waals surface area contributed by atoms with E-state index in [0.717, 1.165) is 5.39 Å². The average molecular weight is 479 g/mol. The zero-order valence-corrected chi connectivity index (χ0v) is 19.2. The van der Waals surface area contributed by atoms with Crippen molar-refractivity contribution in [2.45, 2.75) is 19.1 Å². The van der Waals surface area contributed by atoms with Crippen LogP contribution in [0, 0.1) is 0 Å². The fraction of sp³-hybridized carbons (Fsp3) is 0.320. The van der Waals surface area contributed by atoms with Crippen molar-refractivity contribution in [2.75, 3.05) is 38.3 Å². The maximum absolute atomic E-state index is 12.5. The zero-order valence-electron chi connectivity index (χ0n) is 19.2. The number of ether oxygens (including phenoxy) is 4. The Hall–Kier alpha value is -4.21. The third kappa shape index (κ3) is 4.72. The van der Waals surface area contributed by atoms with Crippen molar-refractivity contribution in [3.8, 4) is 17.2 Å². The van der Waals surface area contributed by atoms with Gasteiger partial charge in [-0.25, -0.2) is 4.79 Å². The molecule has 1 fully saturated rings. The van der Waals surface area contributed by atoms with Crippen LogP contribution in [0.2, 0.25) is 0 Å². The van der Waals surface area contributed by atoms with E-state index in [9.17, 15) is 14.4 Å². The number of pyridine rings is 1. The molecule has 2 aliphatic rings. The molecule has 0 radical (unpaired) electrons. The molecule has 1 saturated heterocycles. The minimum atomic E-state index is -0.496. The lowest BCUT2D eigenvalue weighted by molar-refractivity contribution is -0.121. The molecule has 2 aliphatic heterocycles. The predicted octanol–water partition coefficient (Wildman–Crippen LogP) is 2.31. The van der Waals surface area contributed by atoms with Crippen molar-refractivity contribution in [2.24, 2.45) is 0 Å². The number of carbonyl (C=O) groups excluding carboxylic acids is 2. The average Bonchev–Trinajstić information content (AvgIpc) is 3.26. The van der Waals surface area contributed by atoms with E-state index in [4.69, 9.17) is 18.9 Å². The molecule has 0 aliphatic carbocycles. The van der Waals surface area contributed by atoms with Crippen molar-refractivity contribution < 1.29 is 28.5 Å². The smallest absolute Gasteiger partial charge is 0.414 e.